The fourth-order valence-corrected chi connectivity index (χ4v) is 2.97. The van der Waals surface area contributed by atoms with E-state index in [2.05, 4.69) is 22.0 Å². The monoisotopic (exact) mass is 354 g/mol. The van der Waals surface area contributed by atoms with Crippen LogP contribution in [0.25, 0.3) is 0 Å². The Balaban J connectivity index is 2.50. The van der Waals surface area contributed by atoms with Crippen LogP contribution in [0.2, 0.25) is 0 Å². The zero-order valence-electron chi connectivity index (χ0n) is 15.0. The number of aliphatic imine (C=N–C) groups is 1. The van der Waals surface area contributed by atoms with Crippen LogP contribution < -0.4 is 10.0 Å². The normalized spacial score (nSPS) is 12.2. The number of hydrogen-bond donors (Lipinski definition) is 2. The molecule has 0 aliphatic heterocycles. The van der Waals surface area contributed by atoms with Crippen molar-refractivity contribution in [2.45, 2.75) is 33.2 Å². The third-order valence-electron chi connectivity index (χ3n) is 3.50. The highest BCUT2D eigenvalue weighted by atomic mass is 32.2. The average molecular weight is 355 g/mol. The van der Waals surface area contributed by atoms with E-state index in [0.717, 1.165) is 37.5 Å². The fourth-order valence-electron chi connectivity index (χ4n) is 2.10. The van der Waals surface area contributed by atoms with Crippen molar-refractivity contribution >= 4 is 16.0 Å². The summed E-state index contributed by atoms with van der Waals surface area (Å²) in [6, 6.07) is 9.48. The zero-order valence-corrected chi connectivity index (χ0v) is 15.8. The summed E-state index contributed by atoms with van der Waals surface area (Å²) in [6.07, 6.45) is 2.19. The van der Waals surface area contributed by atoms with E-state index in [0.29, 0.717) is 6.54 Å². The SMILES string of the molecule is CCCCN(C)C(=NCCS(=O)(=O)NCc1ccccc1)NCC. The van der Waals surface area contributed by atoms with Gasteiger partial charge in [0.15, 0.2) is 5.96 Å². The molecule has 0 atom stereocenters. The quantitative estimate of drug-likeness (QED) is 0.496. The lowest BCUT2D eigenvalue weighted by Crippen LogP contribution is -2.40. The highest BCUT2D eigenvalue weighted by molar-refractivity contribution is 7.89. The minimum Gasteiger partial charge on any atom is -0.357 e. The molecule has 0 aliphatic carbocycles. The molecule has 0 spiro atoms. The van der Waals surface area contributed by atoms with Gasteiger partial charge in [0.25, 0.3) is 0 Å². The van der Waals surface area contributed by atoms with Gasteiger partial charge in [-0.2, -0.15) is 0 Å². The number of benzene rings is 1. The Bertz CT molecular complexity index is 588. The van der Waals surface area contributed by atoms with Gasteiger partial charge in [0, 0.05) is 26.7 Å². The Morgan fingerprint density at radius 2 is 1.92 bits per heavy atom. The van der Waals surface area contributed by atoms with Gasteiger partial charge in [-0.15, -0.1) is 0 Å². The first-order valence-corrected chi connectivity index (χ1v) is 10.1. The number of rotatable bonds is 10. The minimum absolute atomic E-state index is 0.0175. The van der Waals surface area contributed by atoms with Gasteiger partial charge in [0.05, 0.1) is 12.3 Å². The molecule has 0 aromatic heterocycles. The van der Waals surface area contributed by atoms with Crippen LogP contribution in [0.5, 0.6) is 0 Å². The van der Waals surface area contributed by atoms with Crippen LogP contribution >= 0.6 is 0 Å². The average Bonchev–Trinajstić information content (AvgIpc) is 2.58. The van der Waals surface area contributed by atoms with E-state index >= 15 is 0 Å². The maximum absolute atomic E-state index is 12.1. The Morgan fingerprint density at radius 3 is 2.54 bits per heavy atom. The van der Waals surface area contributed by atoms with E-state index in [1.54, 1.807) is 0 Å². The molecule has 136 valence electrons. The van der Waals surface area contributed by atoms with Gasteiger partial charge in [0.2, 0.25) is 10.0 Å². The molecular weight excluding hydrogens is 324 g/mol. The summed E-state index contributed by atoms with van der Waals surface area (Å²) in [4.78, 5) is 6.46. The van der Waals surface area contributed by atoms with E-state index in [-0.39, 0.29) is 12.3 Å². The topological polar surface area (TPSA) is 73.8 Å². The first kappa shape index (κ1) is 20.4. The molecule has 7 heteroatoms. The second-order valence-corrected chi connectivity index (χ2v) is 7.56. The zero-order chi connectivity index (χ0) is 17.8. The Hall–Kier alpha value is -1.60. The number of nitrogens with one attached hydrogen (secondary N) is 2. The van der Waals surface area contributed by atoms with Crippen molar-refractivity contribution in [3.05, 3.63) is 35.9 Å². The molecule has 0 radical (unpaired) electrons. The Morgan fingerprint density at radius 1 is 1.21 bits per heavy atom. The maximum Gasteiger partial charge on any atom is 0.213 e. The summed E-state index contributed by atoms with van der Waals surface area (Å²) in [7, 11) is -1.36. The van der Waals surface area contributed by atoms with Crippen molar-refractivity contribution in [1.82, 2.24) is 14.9 Å². The lowest BCUT2D eigenvalue weighted by Gasteiger charge is -2.21. The molecular formula is C17H30N4O2S. The molecule has 0 saturated carbocycles. The number of nitrogens with zero attached hydrogens (tertiary/aromatic N) is 2. The van der Waals surface area contributed by atoms with Crippen LogP contribution in [-0.4, -0.2) is 51.7 Å². The number of hydrogen-bond acceptors (Lipinski definition) is 3. The minimum atomic E-state index is -3.34. The van der Waals surface area contributed by atoms with Gasteiger partial charge in [-0.05, 0) is 18.9 Å². The lowest BCUT2D eigenvalue weighted by molar-refractivity contribution is 0.465. The summed E-state index contributed by atoms with van der Waals surface area (Å²) < 4.78 is 26.8. The largest absolute Gasteiger partial charge is 0.357 e. The van der Waals surface area contributed by atoms with Crippen molar-refractivity contribution in [2.24, 2.45) is 4.99 Å². The molecule has 0 bridgehead atoms. The first-order chi connectivity index (χ1) is 11.5. The second-order valence-electron chi connectivity index (χ2n) is 5.64. The van der Waals surface area contributed by atoms with Crippen molar-refractivity contribution in [3.8, 4) is 0 Å². The maximum atomic E-state index is 12.1. The van der Waals surface area contributed by atoms with Crippen molar-refractivity contribution < 1.29 is 8.42 Å². The summed E-state index contributed by atoms with van der Waals surface area (Å²) in [5, 5.41) is 3.20. The van der Waals surface area contributed by atoms with Gasteiger partial charge in [-0.3, -0.25) is 4.99 Å². The predicted octanol–water partition coefficient (Wildman–Crippen LogP) is 1.80. The molecule has 6 nitrogen and oxygen atoms in total. The first-order valence-electron chi connectivity index (χ1n) is 8.49. The summed E-state index contributed by atoms with van der Waals surface area (Å²) in [5.74, 6) is 0.736. The lowest BCUT2D eigenvalue weighted by atomic mass is 10.2. The van der Waals surface area contributed by atoms with Crippen LogP contribution in [0.3, 0.4) is 0 Å². The van der Waals surface area contributed by atoms with E-state index < -0.39 is 10.0 Å². The van der Waals surface area contributed by atoms with Crippen LogP contribution in [-0.2, 0) is 16.6 Å². The third-order valence-corrected chi connectivity index (χ3v) is 4.81. The van der Waals surface area contributed by atoms with E-state index in [1.165, 1.54) is 0 Å². The van der Waals surface area contributed by atoms with E-state index in [4.69, 9.17) is 0 Å². The summed E-state index contributed by atoms with van der Waals surface area (Å²) in [6.45, 7) is 6.35. The summed E-state index contributed by atoms with van der Waals surface area (Å²) in [5.41, 5.74) is 0.942. The van der Waals surface area contributed by atoms with Gasteiger partial charge in [-0.1, -0.05) is 43.7 Å². The van der Waals surface area contributed by atoms with Crippen LogP contribution in [0.1, 0.15) is 32.3 Å². The molecule has 0 heterocycles. The second kappa shape index (κ2) is 11.0. The van der Waals surface area contributed by atoms with Gasteiger partial charge in [-0.25, -0.2) is 13.1 Å². The Labute approximate surface area is 146 Å². The van der Waals surface area contributed by atoms with Crippen LogP contribution in [0.4, 0.5) is 0 Å². The molecule has 1 aromatic rings. The van der Waals surface area contributed by atoms with E-state index in [9.17, 15) is 8.42 Å². The van der Waals surface area contributed by atoms with Crippen LogP contribution in [0, 0.1) is 0 Å². The number of sulfonamides is 1. The third kappa shape index (κ3) is 8.31. The number of guanidine groups is 1. The molecule has 0 saturated heterocycles. The van der Waals surface area contributed by atoms with Crippen molar-refractivity contribution in [2.75, 3.05) is 32.4 Å². The fraction of sp³-hybridized carbons (Fsp3) is 0.588. The Kier molecular flexibility index (Phi) is 9.41. The molecule has 0 aliphatic rings. The highest BCUT2D eigenvalue weighted by Crippen LogP contribution is 1.99. The molecule has 1 aromatic carbocycles. The molecule has 0 unspecified atom stereocenters. The van der Waals surface area contributed by atoms with Gasteiger partial charge < -0.3 is 10.2 Å². The van der Waals surface area contributed by atoms with Crippen molar-refractivity contribution in [1.29, 1.82) is 0 Å². The molecule has 24 heavy (non-hydrogen) atoms. The highest BCUT2D eigenvalue weighted by Gasteiger charge is 2.10. The molecule has 2 N–H and O–H groups in total. The number of unbranched alkanes of at least 4 members (excludes halogenated alkanes) is 1. The standard InChI is InChI=1S/C17H30N4O2S/c1-4-6-13-21(3)17(18-5-2)19-12-14-24(22,23)20-15-16-10-8-7-9-11-16/h7-11,20H,4-6,12-15H2,1-3H3,(H,18,19). The van der Waals surface area contributed by atoms with Crippen molar-refractivity contribution in [3.63, 3.8) is 0 Å². The smallest absolute Gasteiger partial charge is 0.213 e. The molecule has 0 fully saturated rings. The van der Waals surface area contributed by atoms with Crippen LogP contribution in [0.15, 0.2) is 35.3 Å². The van der Waals surface area contributed by atoms with Gasteiger partial charge >= 0.3 is 0 Å². The van der Waals surface area contributed by atoms with Gasteiger partial charge in [0.1, 0.15) is 0 Å². The molecule has 0 amide bonds. The van der Waals surface area contributed by atoms with E-state index in [1.807, 2.05) is 49.2 Å². The summed E-state index contributed by atoms with van der Waals surface area (Å²) >= 11 is 0. The predicted molar refractivity (Wildman–Crippen MR) is 101 cm³/mol. The molecule has 1 rings (SSSR count).